The van der Waals surface area contributed by atoms with Crippen LogP contribution in [0.25, 0.3) is 10.6 Å². The van der Waals surface area contributed by atoms with E-state index in [2.05, 4.69) is 10.3 Å². The lowest BCUT2D eigenvalue weighted by molar-refractivity contribution is -0.137. The van der Waals surface area contributed by atoms with Crippen LogP contribution in [0.4, 0.5) is 4.39 Å². The van der Waals surface area contributed by atoms with E-state index in [1.807, 2.05) is 0 Å². The van der Waals surface area contributed by atoms with Gasteiger partial charge in [-0.25, -0.2) is 9.37 Å². The summed E-state index contributed by atoms with van der Waals surface area (Å²) in [6, 6.07) is 5.87. The molecule has 1 amide bonds. The normalized spacial score (nSPS) is 16.2. The Morgan fingerprint density at radius 2 is 2.00 bits per heavy atom. The highest BCUT2D eigenvalue weighted by molar-refractivity contribution is 7.13. The largest absolute Gasteiger partial charge is 0.481 e. The van der Waals surface area contributed by atoms with E-state index >= 15 is 0 Å². The molecule has 1 unspecified atom stereocenters. The van der Waals surface area contributed by atoms with Gasteiger partial charge in [0.05, 0.1) is 6.42 Å². The second kappa shape index (κ2) is 8.40. The molecule has 1 saturated carbocycles. The van der Waals surface area contributed by atoms with Crippen molar-refractivity contribution in [3.05, 3.63) is 41.2 Å². The maximum Gasteiger partial charge on any atom is 0.305 e. The van der Waals surface area contributed by atoms with Crippen molar-refractivity contribution in [1.82, 2.24) is 10.3 Å². The van der Waals surface area contributed by atoms with Crippen molar-refractivity contribution in [1.29, 1.82) is 0 Å². The zero-order chi connectivity index (χ0) is 18.5. The number of carbonyl (C=O) groups excluding carboxylic acids is 1. The molecule has 1 aliphatic carbocycles. The Hall–Kier alpha value is -2.28. The van der Waals surface area contributed by atoms with Crippen LogP contribution in [0.2, 0.25) is 0 Å². The lowest BCUT2D eigenvalue weighted by atomic mass is 9.82. The van der Waals surface area contributed by atoms with Gasteiger partial charge in [-0.05, 0) is 30.9 Å². The maximum atomic E-state index is 13.9. The highest BCUT2D eigenvalue weighted by Crippen LogP contribution is 2.29. The Bertz CT molecular complexity index is 787. The van der Waals surface area contributed by atoms with E-state index in [0.29, 0.717) is 10.6 Å². The van der Waals surface area contributed by atoms with Crippen LogP contribution >= 0.6 is 11.3 Å². The Balaban J connectivity index is 1.73. The van der Waals surface area contributed by atoms with Gasteiger partial charge in [-0.15, -0.1) is 11.3 Å². The van der Waals surface area contributed by atoms with Crippen LogP contribution in [-0.2, 0) is 4.79 Å². The molecule has 138 valence electrons. The predicted octanol–water partition coefficient (Wildman–Crippen LogP) is 4.10. The number of halogens is 1. The van der Waals surface area contributed by atoms with Crippen LogP contribution in [0.5, 0.6) is 0 Å². The van der Waals surface area contributed by atoms with Crippen LogP contribution < -0.4 is 5.32 Å². The topological polar surface area (TPSA) is 79.3 Å². The summed E-state index contributed by atoms with van der Waals surface area (Å²) in [6.07, 6.45) is 5.03. The zero-order valence-corrected chi connectivity index (χ0v) is 15.1. The molecule has 1 fully saturated rings. The quantitative estimate of drug-likeness (QED) is 0.795. The summed E-state index contributed by atoms with van der Waals surface area (Å²) in [6.45, 7) is 0. The summed E-state index contributed by atoms with van der Waals surface area (Å²) in [5.41, 5.74) is 0.547. The summed E-state index contributed by atoms with van der Waals surface area (Å²) in [4.78, 5) is 28.0. The van der Waals surface area contributed by atoms with E-state index < -0.39 is 17.9 Å². The summed E-state index contributed by atoms with van der Waals surface area (Å²) in [5.74, 6) is -1.54. The second-order valence-electron chi connectivity index (χ2n) is 6.59. The average molecular weight is 376 g/mol. The minimum atomic E-state index is -0.925. The summed E-state index contributed by atoms with van der Waals surface area (Å²) < 4.78 is 13.9. The van der Waals surface area contributed by atoms with Gasteiger partial charge >= 0.3 is 5.97 Å². The van der Waals surface area contributed by atoms with E-state index in [1.165, 1.54) is 17.4 Å². The van der Waals surface area contributed by atoms with Gasteiger partial charge < -0.3 is 10.4 Å². The van der Waals surface area contributed by atoms with Crippen LogP contribution in [0.15, 0.2) is 29.6 Å². The van der Waals surface area contributed by atoms with Gasteiger partial charge in [0.25, 0.3) is 5.91 Å². The van der Waals surface area contributed by atoms with Crippen molar-refractivity contribution in [2.24, 2.45) is 5.92 Å². The van der Waals surface area contributed by atoms with Gasteiger partial charge in [0.1, 0.15) is 16.5 Å². The third-order valence-corrected chi connectivity index (χ3v) is 5.65. The molecule has 0 bridgehead atoms. The molecule has 26 heavy (non-hydrogen) atoms. The lowest BCUT2D eigenvalue weighted by Crippen LogP contribution is -2.42. The van der Waals surface area contributed by atoms with Crippen molar-refractivity contribution in [2.75, 3.05) is 0 Å². The minimum absolute atomic E-state index is 0.0965. The van der Waals surface area contributed by atoms with E-state index in [4.69, 9.17) is 0 Å². The molecule has 2 aromatic rings. The summed E-state index contributed by atoms with van der Waals surface area (Å²) in [5, 5.41) is 14.0. The fourth-order valence-electron chi connectivity index (χ4n) is 3.44. The summed E-state index contributed by atoms with van der Waals surface area (Å²) >= 11 is 1.19. The van der Waals surface area contributed by atoms with E-state index in [1.54, 1.807) is 23.6 Å². The molecule has 3 rings (SSSR count). The highest BCUT2D eigenvalue weighted by atomic mass is 32.1. The molecular formula is C19H21FN2O3S. The fraction of sp³-hybridized carbons (Fsp3) is 0.421. The minimum Gasteiger partial charge on any atom is -0.481 e. The number of rotatable bonds is 6. The maximum absolute atomic E-state index is 13.9. The number of carboxylic acids is 1. The molecule has 0 spiro atoms. The van der Waals surface area contributed by atoms with Gasteiger partial charge in [0.15, 0.2) is 0 Å². The fourth-order valence-corrected chi connectivity index (χ4v) is 4.27. The average Bonchev–Trinajstić information content (AvgIpc) is 3.12. The van der Waals surface area contributed by atoms with Crippen molar-refractivity contribution in [3.63, 3.8) is 0 Å². The Morgan fingerprint density at radius 1 is 1.27 bits per heavy atom. The van der Waals surface area contributed by atoms with Crippen LogP contribution in [0, 0.1) is 11.7 Å². The number of nitrogens with one attached hydrogen (secondary N) is 1. The molecule has 0 saturated heterocycles. The third kappa shape index (κ3) is 4.46. The first kappa shape index (κ1) is 18.5. The summed E-state index contributed by atoms with van der Waals surface area (Å²) in [7, 11) is 0. The predicted molar refractivity (Wildman–Crippen MR) is 97.6 cm³/mol. The molecule has 0 radical (unpaired) electrons. The molecule has 7 heteroatoms. The zero-order valence-electron chi connectivity index (χ0n) is 14.3. The number of carboxylic acid groups (broad SMARTS) is 1. The van der Waals surface area contributed by atoms with Crippen LogP contribution in [0.1, 0.15) is 49.0 Å². The molecule has 1 atom stereocenters. The number of carbonyl (C=O) groups is 2. The number of thiazole rings is 1. The van der Waals surface area contributed by atoms with Crippen LogP contribution in [-0.4, -0.2) is 28.0 Å². The molecule has 2 N–H and O–H groups in total. The van der Waals surface area contributed by atoms with Gasteiger partial charge in [0, 0.05) is 17.0 Å². The van der Waals surface area contributed by atoms with E-state index in [0.717, 1.165) is 32.1 Å². The number of hydrogen-bond donors (Lipinski definition) is 2. The second-order valence-corrected chi connectivity index (χ2v) is 7.45. The first-order chi connectivity index (χ1) is 12.5. The van der Waals surface area contributed by atoms with Gasteiger partial charge in [0.2, 0.25) is 0 Å². The van der Waals surface area contributed by atoms with Crippen molar-refractivity contribution in [3.8, 4) is 10.6 Å². The molecule has 1 aliphatic rings. The number of amides is 1. The van der Waals surface area contributed by atoms with E-state index in [-0.39, 0.29) is 23.8 Å². The lowest BCUT2D eigenvalue weighted by Gasteiger charge is -2.29. The van der Waals surface area contributed by atoms with Gasteiger partial charge in [-0.3, -0.25) is 9.59 Å². The number of hydrogen-bond acceptors (Lipinski definition) is 4. The van der Waals surface area contributed by atoms with Crippen molar-refractivity contribution < 1.29 is 19.1 Å². The van der Waals surface area contributed by atoms with E-state index in [9.17, 15) is 19.1 Å². The Kier molecular flexibility index (Phi) is 5.98. The number of benzene rings is 1. The molecule has 1 heterocycles. The SMILES string of the molecule is O=C(O)CC(NC(=O)c1csc(-c2ccccc2F)n1)C1CCCCC1. The van der Waals surface area contributed by atoms with Gasteiger partial charge in [-0.1, -0.05) is 31.4 Å². The number of aromatic nitrogens is 1. The molecule has 5 nitrogen and oxygen atoms in total. The molecule has 0 aliphatic heterocycles. The monoisotopic (exact) mass is 376 g/mol. The smallest absolute Gasteiger partial charge is 0.305 e. The third-order valence-electron chi connectivity index (χ3n) is 4.77. The highest BCUT2D eigenvalue weighted by Gasteiger charge is 2.28. The Morgan fingerprint density at radius 3 is 2.69 bits per heavy atom. The molecule has 1 aromatic carbocycles. The first-order valence-corrected chi connectivity index (χ1v) is 9.65. The van der Waals surface area contributed by atoms with Crippen LogP contribution in [0.3, 0.4) is 0 Å². The molecule has 1 aromatic heterocycles. The molecular weight excluding hydrogens is 355 g/mol. The van der Waals surface area contributed by atoms with Crippen molar-refractivity contribution in [2.45, 2.75) is 44.6 Å². The van der Waals surface area contributed by atoms with Crippen molar-refractivity contribution >= 4 is 23.2 Å². The standard InChI is InChI=1S/C19H21FN2O3S/c20-14-9-5-4-8-13(14)19-22-16(11-26-19)18(25)21-15(10-17(23)24)12-6-2-1-3-7-12/h4-5,8-9,11-12,15H,1-3,6-7,10H2,(H,21,25)(H,23,24). The number of aliphatic carboxylic acids is 1. The Labute approximate surface area is 155 Å². The van der Waals surface area contributed by atoms with Gasteiger partial charge in [-0.2, -0.15) is 0 Å². The first-order valence-electron chi connectivity index (χ1n) is 8.77. The number of nitrogens with zero attached hydrogens (tertiary/aromatic N) is 1.